The smallest absolute Gasteiger partial charge is 0.618 e. The van der Waals surface area contributed by atoms with Gasteiger partial charge in [-0.25, -0.2) is 0 Å². The minimum atomic E-state index is -3.61. The molecule has 0 unspecified atom stereocenters. The van der Waals surface area contributed by atoms with Crippen LogP contribution in [0.4, 0.5) is 0 Å². The van der Waals surface area contributed by atoms with Gasteiger partial charge >= 0.3 is 25.3 Å². The van der Waals surface area contributed by atoms with E-state index >= 15 is 10.4 Å². The first-order valence-corrected chi connectivity index (χ1v) is 41.1. The standard InChI is InChI=1S/C100H106B2N4O12/c1-93(2,3)61-25-29-85-73(45-61)77-53-65(97(13,14)15)49-69-57-33-37-103(107)81(41-57)82-43-59(35-39-104(82)108)71-51-67(99(19,20)21)55-79-75-47-63(95(7,8)9)27-31-87(75)113-102(117-91(71)79)114-88-32-28-64(96(10,11)12)48-76(88)80-56-68(100(22,23)24)52-72(92(80)118-102)60-36-40-106(110)84(44-60)83-42-58(34-38-105(83)109)70-50-66(98(16,17)18)54-78-74-46-62(94(4,5)6)26-30-86(74)112-101(111-85,115-89(69)77)116-90(70)78/h25-56,107,110H,1-24H3/t101-,102-/m0/s1. The molecule has 2 spiro atoms. The monoisotopic (exact) mass is 1580 g/mol. The minimum Gasteiger partial charge on any atom is -0.618 e. The average Bonchev–Trinajstić information content (AvgIpc) is 1.56. The molecule has 0 saturated carbocycles. The summed E-state index contributed by atoms with van der Waals surface area (Å²) in [6.45, 7) is 44.8. The first-order chi connectivity index (χ1) is 55.0. The Labute approximate surface area is 693 Å². The third kappa shape index (κ3) is 13.7. The van der Waals surface area contributed by atoms with E-state index in [1.807, 2.05) is 24.3 Å². The lowest BCUT2D eigenvalue weighted by molar-refractivity contribution is -0.898. The Morgan fingerprint density at radius 3 is 0.636 bits per heavy atom. The SMILES string of the molecule is CC(C)(C)c1ccc2c(c1)-c1cc(C(C)(C)C)cc3c1O[B@-]1(O2)Oc2ccc(C(C)(C)C)cc2-c2cc(C(C)(C)C)cc(c2O1)-c1cc[n+](O)c(c1)-c1cc(cc[n+]1[O-])-c1cc(C(C)(C)C)cc2c1O[B@-]1(Oc4ccc(C(C)(C)C)cc4-2)Oc2ccc(C(C)(C)C)cc2-c2cc(C(C)(C)C)cc(c2O1)-c1cc[n+](O)c(c1)-c1cc-3cc[n+]1[O-]. The van der Waals surface area contributed by atoms with Crippen LogP contribution in [0, 0.1) is 10.4 Å². The van der Waals surface area contributed by atoms with Crippen molar-refractivity contribution in [3.8, 4) is 158 Å². The van der Waals surface area contributed by atoms with Crippen molar-refractivity contribution in [2.24, 2.45) is 0 Å². The number of nitrogens with zero attached hydrogens (tertiary/aromatic N) is 4. The van der Waals surface area contributed by atoms with E-state index in [9.17, 15) is 10.4 Å². The third-order valence-electron chi connectivity index (χ3n) is 24.0. The van der Waals surface area contributed by atoms with Crippen molar-refractivity contribution < 1.29 is 66.6 Å². The molecule has 118 heavy (non-hydrogen) atoms. The van der Waals surface area contributed by atoms with E-state index in [-0.39, 0.29) is 44.4 Å². The lowest BCUT2D eigenvalue weighted by Crippen LogP contribution is -2.60. The molecule has 12 aromatic rings. The van der Waals surface area contributed by atoms with Crippen LogP contribution >= 0.6 is 0 Å². The Morgan fingerprint density at radius 1 is 0.220 bits per heavy atom. The van der Waals surface area contributed by atoms with Crippen LogP contribution in [0.5, 0.6) is 46.0 Å². The molecule has 16 nitrogen and oxygen atoms in total. The zero-order valence-electron chi connectivity index (χ0n) is 72.4. The van der Waals surface area contributed by atoms with Gasteiger partial charge in [-0.2, -0.15) is 9.46 Å². The molecule has 0 saturated heterocycles. The van der Waals surface area contributed by atoms with Gasteiger partial charge in [0.15, 0.2) is 12.4 Å². The Morgan fingerprint density at radius 2 is 0.415 bits per heavy atom. The number of fused-ring (bicyclic) bond motifs is 22. The summed E-state index contributed by atoms with van der Waals surface area (Å²) in [7, 11) is 0. The number of hydrogen-bond donors (Lipinski definition) is 2. The zero-order chi connectivity index (χ0) is 84.4. The molecule has 18 heteroatoms. The van der Waals surface area contributed by atoms with E-state index in [1.54, 1.807) is 48.5 Å². The molecule has 0 amide bonds. The van der Waals surface area contributed by atoms with E-state index in [1.165, 1.54) is 24.8 Å². The van der Waals surface area contributed by atoms with Crippen molar-refractivity contribution in [3.05, 3.63) is 250 Å². The van der Waals surface area contributed by atoms with Gasteiger partial charge in [0.25, 0.3) is 11.4 Å². The van der Waals surface area contributed by atoms with Gasteiger partial charge in [-0.15, -0.1) is 0 Å². The van der Waals surface area contributed by atoms with Crippen LogP contribution in [-0.4, -0.2) is 24.3 Å². The molecule has 17 rings (SSSR count). The Kier molecular flexibility index (Phi) is 17.5. The highest BCUT2D eigenvalue weighted by atomic mass is 16.9. The number of pyridine rings is 4. The van der Waals surface area contributed by atoms with Crippen LogP contribution < -0.4 is 56.2 Å². The van der Waals surface area contributed by atoms with E-state index in [0.717, 1.165) is 63.4 Å². The van der Waals surface area contributed by atoms with Crippen LogP contribution in [0.3, 0.4) is 0 Å². The van der Waals surface area contributed by atoms with Gasteiger partial charge in [-0.3, -0.25) is 10.4 Å². The third-order valence-corrected chi connectivity index (χ3v) is 24.0. The summed E-state index contributed by atoms with van der Waals surface area (Å²) in [5, 5.41) is 56.1. The largest absolute Gasteiger partial charge is 0.777 e. The first kappa shape index (κ1) is 78.6. The number of benzene rings is 8. The molecular weight excluding hydrogens is 1470 g/mol. The van der Waals surface area contributed by atoms with E-state index in [2.05, 4.69) is 263 Å². The Balaban J connectivity index is 1.03. The van der Waals surface area contributed by atoms with E-state index < -0.39 is 35.6 Å². The second-order valence-electron chi connectivity index (χ2n) is 41.1. The molecule has 604 valence electrons. The summed E-state index contributed by atoms with van der Waals surface area (Å²) in [6.07, 6.45) is 5.98. The molecule has 2 N–H and O–H groups in total. The van der Waals surface area contributed by atoms with Crippen LogP contribution in [0.2, 0.25) is 0 Å². The second-order valence-corrected chi connectivity index (χ2v) is 41.1. The van der Waals surface area contributed by atoms with Crippen LogP contribution in [-0.2, 0) is 43.3 Å². The summed E-state index contributed by atoms with van der Waals surface area (Å²) in [6, 6.07) is 56.0. The highest BCUT2D eigenvalue weighted by Gasteiger charge is 2.53. The molecule has 4 aromatic heterocycles. The maximum Gasteiger partial charge on any atom is 0.777 e. The fourth-order valence-corrected chi connectivity index (χ4v) is 16.5. The lowest BCUT2D eigenvalue weighted by atomic mass is 9.81. The summed E-state index contributed by atoms with van der Waals surface area (Å²) < 4.78 is 65.4. The molecule has 0 radical (unpaired) electrons. The van der Waals surface area contributed by atoms with Crippen LogP contribution in [0.25, 0.3) is 112 Å². The number of aromatic nitrogens is 4. The molecule has 5 aliphatic heterocycles. The molecule has 5 aliphatic rings. The van der Waals surface area contributed by atoms with Gasteiger partial charge in [0.1, 0.15) is 0 Å². The van der Waals surface area contributed by atoms with Gasteiger partial charge < -0.3 is 47.6 Å². The van der Waals surface area contributed by atoms with Gasteiger partial charge in [0.2, 0.25) is 12.4 Å². The summed E-state index contributed by atoms with van der Waals surface area (Å²) in [4.78, 5) is 0. The molecule has 8 aromatic carbocycles. The van der Waals surface area contributed by atoms with Gasteiger partial charge in [0.05, 0.1) is 46.0 Å². The Bertz CT molecular complexity index is 5490. The first-order valence-electron chi connectivity index (χ1n) is 41.1. The topological polar surface area (TPSA) is 176 Å². The van der Waals surface area contributed by atoms with Crippen LogP contribution in [0.15, 0.2) is 195 Å². The molecule has 9 heterocycles. The van der Waals surface area contributed by atoms with E-state index in [4.69, 9.17) is 37.2 Å². The normalized spacial score (nSPS) is 16.5. The number of rotatable bonds is 0. The second kappa shape index (κ2) is 26.3. The molecular formula is C100H106B2N4O12. The quantitative estimate of drug-likeness (QED) is 0.0637. The number of hydrogen-bond acceptors (Lipinski definition) is 12. The fraction of sp³-hybridized carbons (Fsp3) is 0.320. The van der Waals surface area contributed by atoms with Gasteiger partial charge in [-0.05, 0) is 207 Å². The minimum absolute atomic E-state index is 0.0825. The average molecular weight is 1580 g/mol. The van der Waals surface area contributed by atoms with Gasteiger partial charge in [-0.1, -0.05) is 190 Å². The van der Waals surface area contributed by atoms with Crippen molar-refractivity contribution in [3.63, 3.8) is 0 Å². The van der Waals surface area contributed by atoms with Crippen molar-refractivity contribution in [2.45, 2.75) is 209 Å². The predicted molar refractivity (Wildman–Crippen MR) is 466 cm³/mol. The maximum atomic E-state index is 15.4. The highest BCUT2D eigenvalue weighted by molar-refractivity contribution is 6.59. The fourth-order valence-electron chi connectivity index (χ4n) is 16.5. The predicted octanol–water partition coefficient (Wildman–Crippen LogP) is 22.7. The molecule has 2 atom stereocenters. The van der Waals surface area contributed by atoms with Crippen molar-refractivity contribution in [1.82, 2.24) is 0 Å². The summed E-state index contributed by atoms with van der Waals surface area (Å²) in [5.74, 6) is 2.94. The molecule has 14 bridgehead atoms. The van der Waals surface area contributed by atoms with E-state index in [0.29, 0.717) is 135 Å². The van der Waals surface area contributed by atoms with Gasteiger partial charge in [0, 0.05) is 125 Å². The summed E-state index contributed by atoms with van der Waals surface area (Å²) >= 11 is 0. The highest BCUT2D eigenvalue weighted by Crippen LogP contribution is 2.58. The van der Waals surface area contributed by atoms with Crippen LogP contribution in [0.1, 0.15) is 211 Å². The lowest BCUT2D eigenvalue weighted by Gasteiger charge is -2.40. The van der Waals surface area contributed by atoms with Crippen molar-refractivity contribution in [2.75, 3.05) is 0 Å². The molecule has 0 fully saturated rings. The van der Waals surface area contributed by atoms with Crippen molar-refractivity contribution in [1.29, 1.82) is 0 Å². The zero-order valence-corrected chi connectivity index (χ0v) is 72.4. The summed E-state index contributed by atoms with van der Waals surface area (Å²) in [5.41, 5.74) is 14.8. The maximum absolute atomic E-state index is 15.4. The molecule has 0 aliphatic carbocycles. The van der Waals surface area contributed by atoms with Crippen molar-refractivity contribution >= 4 is 13.9 Å². The Hall–Kier alpha value is -11.9.